The van der Waals surface area contributed by atoms with Gasteiger partial charge in [0.25, 0.3) is 10.0 Å². The zero-order valence-corrected chi connectivity index (χ0v) is 13.2. The van der Waals surface area contributed by atoms with Crippen molar-refractivity contribution < 1.29 is 13.2 Å². The van der Waals surface area contributed by atoms with Gasteiger partial charge in [-0.25, -0.2) is 8.42 Å². The monoisotopic (exact) mass is 326 g/mol. The summed E-state index contributed by atoms with van der Waals surface area (Å²) in [6.45, 7) is 4.07. The molecule has 21 heavy (non-hydrogen) atoms. The van der Waals surface area contributed by atoms with Gasteiger partial charge in [0.05, 0.1) is 22.2 Å². The van der Waals surface area contributed by atoms with Crippen molar-refractivity contribution in [3.05, 3.63) is 47.2 Å². The average Bonchev–Trinajstić information content (AvgIpc) is 2.40. The van der Waals surface area contributed by atoms with E-state index in [2.05, 4.69) is 9.71 Å². The fourth-order valence-corrected chi connectivity index (χ4v) is 3.12. The van der Waals surface area contributed by atoms with E-state index in [1.54, 1.807) is 25.3 Å². The van der Waals surface area contributed by atoms with Gasteiger partial charge < -0.3 is 4.74 Å². The number of nitrogens with zero attached hydrogens (tertiary/aromatic N) is 1. The molecule has 0 saturated heterocycles. The first-order valence-electron chi connectivity index (χ1n) is 6.30. The van der Waals surface area contributed by atoms with Crippen molar-refractivity contribution in [2.75, 3.05) is 11.3 Å². The smallest absolute Gasteiger partial charge is 0.261 e. The van der Waals surface area contributed by atoms with E-state index < -0.39 is 10.0 Å². The van der Waals surface area contributed by atoms with Crippen molar-refractivity contribution in [1.82, 2.24) is 4.98 Å². The number of sulfonamides is 1. The van der Waals surface area contributed by atoms with Gasteiger partial charge in [-0.3, -0.25) is 9.71 Å². The normalized spacial score (nSPS) is 11.2. The molecule has 7 heteroatoms. The first kappa shape index (κ1) is 15.6. The summed E-state index contributed by atoms with van der Waals surface area (Å²) in [6, 6.07) is 7.59. The second kappa shape index (κ2) is 6.32. The highest BCUT2D eigenvalue weighted by molar-refractivity contribution is 7.92. The number of anilines is 1. The summed E-state index contributed by atoms with van der Waals surface area (Å²) in [5.74, 6) is 0.456. The quantitative estimate of drug-likeness (QED) is 0.915. The first-order valence-corrected chi connectivity index (χ1v) is 8.16. The van der Waals surface area contributed by atoms with E-state index in [4.69, 9.17) is 16.3 Å². The standard InChI is InChI=1S/C14H15ClN2O3S/c1-3-20-14-5-4-12(9-13(14)15)21(18,19)17-11-6-7-16-10(2)8-11/h4-9H,3H2,1-2H3,(H,16,17). The number of aromatic nitrogens is 1. The molecule has 0 aliphatic rings. The molecule has 112 valence electrons. The Bertz CT molecular complexity index is 748. The van der Waals surface area contributed by atoms with E-state index in [1.165, 1.54) is 18.2 Å². The second-order valence-electron chi connectivity index (χ2n) is 4.32. The van der Waals surface area contributed by atoms with Crippen LogP contribution >= 0.6 is 11.6 Å². The molecule has 0 fully saturated rings. The van der Waals surface area contributed by atoms with Gasteiger partial charge in [-0.2, -0.15) is 0 Å². The maximum Gasteiger partial charge on any atom is 0.261 e. The van der Waals surface area contributed by atoms with Gasteiger partial charge in [0.2, 0.25) is 0 Å². The third-order valence-corrected chi connectivity index (χ3v) is 4.34. The minimum Gasteiger partial charge on any atom is -0.492 e. The van der Waals surface area contributed by atoms with Gasteiger partial charge in [0, 0.05) is 11.9 Å². The molecule has 1 aromatic heterocycles. The van der Waals surface area contributed by atoms with Crippen LogP contribution in [0.3, 0.4) is 0 Å². The molecule has 1 N–H and O–H groups in total. The van der Waals surface area contributed by atoms with Gasteiger partial charge >= 0.3 is 0 Å². The van der Waals surface area contributed by atoms with Gasteiger partial charge in [0.15, 0.2) is 0 Å². The van der Waals surface area contributed by atoms with Crippen molar-refractivity contribution in [1.29, 1.82) is 0 Å². The number of halogens is 1. The van der Waals surface area contributed by atoms with E-state index >= 15 is 0 Å². The molecule has 0 aliphatic heterocycles. The molecule has 0 atom stereocenters. The van der Waals surface area contributed by atoms with Gasteiger partial charge in [0.1, 0.15) is 5.75 Å². The zero-order valence-electron chi connectivity index (χ0n) is 11.6. The number of hydrogen-bond donors (Lipinski definition) is 1. The average molecular weight is 327 g/mol. The van der Waals surface area contributed by atoms with E-state index in [0.717, 1.165) is 5.69 Å². The Kier molecular flexibility index (Phi) is 4.69. The van der Waals surface area contributed by atoms with Crippen LogP contribution in [-0.4, -0.2) is 20.0 Å². The predicted octanol–water partition coefficient (Wildman–Crippen LogP) is 3.24. The lowest BCUT2D eigenvalue weighted by Gasteiger charge is -2.10. The molecule has 0 radical (unpaired) electrons. The number of aryl methyl sites for hydroxylation is 1. The zero-order chi connectivity index (χ0) is 15.5. The van der Waals surface area contributed by atoms with E-state index in [-0.39, 0.29) is 9.92 Å². The lowest BCUT2D eigenvalue weighted by Crippen LogP contribution is -2.13. The van der Waals surface area contributed by atoms with Crippen molar-refractivity contribution in [2.45, 2.75) is 18.7 Å². The maximum atomic E-state index is 12.3. The summed E-state index contributed by atoms with van der Waals surface area (Å²) in [4.78, 5) is 4.09. The topological polar surface area (TPSA) is 68.3 Å². The highest BCUT2D eigenvalue weighted by Crippen LogP contribution is 2.28. The number of nitrogens with one attached hydrogen (secondary N) is 1. The third-order valence-electron chi connectivity index (χ3n) is 2.66. The molecular weight excluding hydrogens is 312 g/mol. The molecule has 0 spiro atoms. The van der Waals surface area contributed by atoms with Gasteiger partial charge in [-0.1, -0.05) is 11.6 Å². The molecule has 1 aromatic carbocycles. The molecule has 0 aliphatic carbocycles. The summed E-state index contributed by atoms with van der Waals surface area (Å²) in [5, 5.41) is 0.255. The van der Waals surface area contributed by atoms with Crippen LogP contribution in [0.1, 0.15) is 12.6 Å². The molecule has 5 nitrogen and oxygen atoms in total. The van der Waals surface area contributed by atoms with Crippen LogP contribution in [0.25, 0.3) is 0 Å². The van der Waals surface area contributed by atoms with E-state index in [0.29, 0.717) is 18.0 Å². The lowest BCUT2D eigenvalue weighted by molar-refractivity contribution is 0.340. The number of ether oxygens (including phenoxy) is 1. The molecule has 2 rings (SSSR count). The largest absolute Gasteiger partial charge is 0.492 e. The van der Waals surface area contributed by atoms with Crippen LogP contribution < -0.4 is 9.46 Å². The van der Waals surface area contributed by atoms with Crippen LogP contribution in [0, 0.1) is 6.92 Å². The molecular formula is C14H15ClN2O3S. The summed E-state index contributed by atoms with van der Waals surface area (Å²) in [6.07, 6.45) is 1.54. The van der Waals surface area contributed by atoms with Gasteiger partial charge in [-0.15, -0.1) is 0 Å². The SMILES string of the molecule is CCOc1ccc(S(=O)(=O)Nc2ccnc(C)c2)cc1Cl. The minimum absolute atomic E-state index is 0.0745. The Morgan fingerprint density at radius 1 is 1.29 bits per heavy atom. The van der Waals surface area contributed by atoms with Crippen molar-refractivity contribution in [3.8, 4) is 5.75 Å². The second-order valence-corrected chi connectivity index (χ2v) is 6.41. The number of pyridine rings is 1. The molecule has 0 amide bonds. The van der Waals surface area contributed by atoms with Crippen molar-refractivity contribution >= 4 is 27.3 Å². The third kappa shape index (κ3) is 3.86. The van der Waals surface area contributed by atoms with Gasteiger partial charge in [-0.05, 0) is 44.2 Å². The first-order chi connectivity index (χ1) is 9.92. The molecule has 0 saturated carbocycles. The fraction of sp³-hybridized carbons (Fsp3) is 0.214. The van der Waals surface area contributed by atoms with E-state index in [9.17, 15) is 8.42 Å². The van der Waals surface area contributed by atoms with E-state index in [1.807, 2.05) is 6.92 Å². The fourth-order valence-electron chi connectivity index (χ4n) is 1.74. The molecule has 1 heterocycles. The summed E-state index contributed by atoms with van der Waals surface area (Å²) < 4.78 is 32.4. The van der Waals surface area contributed by atoms with Crippen LogP contribution in [-0.2, 0) is 10.0 Å². The van der Waals surface area contributed by atoms with Crippen LogP contribution in [0.4, 0.5) is 5.69 Å². The Hall–Kier alpha value is -1.79. The Balaban J connectivity index is 2.29. The predicted molar refractivity (Wildman–Crippen MR) is 82.4 cm³/mol. The molecule has 0 bridgehead atoms. The number of rotatable bonds is 5. The highest BCUT2D eigenvalue weighted by atomic mass is 35.5. The number of benzene rings is 1. The lowest BCUT2D eigenvalue weighted by atomic mass is 10.3. The Morgan fingerprint density at radius 2 is 2.05 bits per heavy atom. The van der Waals surface area contributed by atoms with Crippen LogP contribution in [0.2, 0.25) is 5.02 Å². The maximum absolute atomic E-state index is 12.3. The minimum atomic E-state index is -3.70. The summed E-state index contributed by atoms with van der Waals surface area (Å²) in [5.41, 5.74) is 1.17. The summed E-state index contributed by atoms with van der Waals surface area (Å²) in [7, 11) is -3.70. The molecule has 0 unspecified atom stereocenters. The van der Waals surface area contributed by atoms with Crippen molar-refractivity contribution in [3.63, 3.8) is 0 Å². The Labute approximate surface area is 129 Å². The number of hydrogen-bond acceptors (Lipinski definition) is 4. The summed E-state index contributed by atoms with van der Waals surface area (Å²) >= 11 is 6.02. The van der Waals surface area contributed by atoms with Crippen LogP contribution in [0.5, 0.6) is 5.75 Å². The molecule has 2 aromatic rings. The highest BCUT2D eigenvalue weighted by Gasteiger charge is 2.16. The van der Waals surface area contributed by atoms with Crippen molar-refractivity contribution in [2.24, 2.45) is 0 Å². The Morgan fingerprint density at radius 3 is 2.67 bits per heavy atom. The van der Waals surface area contributed by atoms with Crippen LogP contribution in [0.15, 0.2) is 41.4 Å².